The van der Waals surface area contributed by atoms with E-state index in [0.29, 0.717) is 5.39 Å². The van der Waals surface area contributed by atoms with Crippen molar-refractivity contribution in [3.05, 3.63) is 61.4 Å². The summed E-state index contributed by atoms with van der Waals surface area (Å²) in [5.74, 6) is 0. The number of benzene rings is 2. The lowest BCUT2D eigenvalue weighted by Crippen LogP contribution is -1.98. The fourth-order valence-corrected chi connectivity index (χ4v) is 2.34. The van der Waals surface area contributed by atoms with Crippen LogP contribution in [-0.2, 0) is 10.1 Å². The first kappa shape index (κ1) is 14.0. The number of rotatable bonds is 1. The highest BCUT2D eigenvalue weighted by Gasteiger charge is 2.12. The zero-order valence-electron chi connectivity index (χ0n) is 10.3. The van der Waals surface area contributed by atoms with Crippen molar-refractivity contribution in [1.29, 1.82) is 0 Å². The second-order valence-corrected chi connectivity index (χ2v) is 5.14. The van der Waals surface area contributed by atoms with Crippen LogP contribution in [0.3, 0.4) is 0 Å². The second-order valence-electron chi connectivity index (χ2n) is 3.75. The zero-order chi connectivity index (χ0) is 14.4. The predicted molar refractivity (Wildman–Crippen MR) is 73.6 cm³/mol. The highest BCUT2D eigenvalue weighted by molar-refractivity contribution is 7.86. The number of hydrogen-bond acceptors (Lipinski definition) is 5. The van der Waals surface area contributed by atoms with Gasteiger partial charge >= 0.3 is 0 Å². The molecule has 6 nitrogen and oxygen atoms in total. The molecule has 1 heterocycles. The molecule has 7 heteroatoms. The molecule has 3 rings (SSSR count). The van der Waals surface area contributed by atoms with Gasteiger partial charge in [-0.3, -0.25) is 4.55 Å². The van der Waals surface area contributed by atoms with Gasteiger partial charge in [0, 0.05) is 5.39 Å². The molecular formula is C13H11N3O3S. The van der Waals surface area contributed by atoms with Crippen molar-refractivity contribution in [2.45, 2.75) is 4.90 Å². The van der Waals surface area contributed by atoms with Crippen molar-refractivity contribution in [1.82, 2.24) is 15.0 Å². The number of aromatic nitrogens is 3. The molecule has 0 fully saturated rings. The van der Waals surface area contributed by atoms with Crippen LogP contribution in [0.15, 0.2) is 66.3 Å². The van der Waals surface area contributed by atoms with Crippen LogP contribution in [0.4, 0.5) is 0 Å². The molecule has 102 valence electrons. The first-order chi connectivity index (χ1) is 9.59. The zero-order valence-corrected chi connectivity index (χ0v) is 11.1. The van der Waals surface area contributed by atoms with Crippen molar-refractivity contribution in [2.24, 2.45) is 0 Å². The average molecular weight is 289 g/mol. The smallest absolute Gasteiger partial charge is 0.282 e. The summed E-state index contributed by atoms with van der Waals surface area (Å²) < 4.78 is 31.0. The van der Waals surface area contributed by atoms with Gasteiger partial charge < -0.3 is 0 Å². The minimum atomic E-state index is -4.13. The summed E-state index contributed by atoms with van der Waals surface area (Å²) in [6, 6.07) is 11.8. The summed E-state index contributed by atoms with van der Waals surface area (Å²) in [4.78, 5) is 10.6. The van der Waals surface area contributed by atoms with Gasteiger partial charge in [0.2, 0.25) is 0 Å². The van der Waals surface area contributed by atoms with E-state index in [4.69, 9.17) is 4.55 Å². The molecule has 1 aromatic heterocycles. The minimum Gasteiger partial charge on any atom is -0.282 e. The monoisotopic (exact) mass is 289 g/mol. The maximum atomic E-state index is 11.0. The normalized spacial score (nSPS) is 10.7. The maximum Gasteiger partial charge on any atom is 0.295 e. The van der Waals surface area contributed by atoms with E-state index in [-0.39, 0.29) is 4.90 Å². The van der Waals surface area contributed by atoms with Gasteiger partial charge in [0.15, 0.2) is 0 Å². The minimum absolute atomic E-state index is 0.0457. The fourth-order valence-electron chi connectivity index (χ4n) is 1.63. The molecule has 20 heavy (non-hydrogen) atoms. The third kappa shape index (κ3) is 3.56. The highest BCUT2D eigenvalue weighted by atomic mass is 32.2. The van der Waals surface area contributed by atoms with Crippen LogP contribution in [0.1, 0.15) is 0 Å². The van der Waals surface area contributed by atoms with Gasteiger partial charge in [-0.15, -0.1) is 0 Å². The van der Waals surface area contributed by atoms with E-state index in [0.717, 1.165) is 5.39 Å². The molecule has 0 amide bonds. The molecule has 1 N–H and O–H groups in total. The van der Waals surface area contributed by atoms with E-state index in [1.165, 1.54) is 25.0 Å². The molecule has 0 atom stereocenters. The topological polar surface area (TPSA) is 93.0 Å². The Morgan fingerprint density at radius 2 is 1.35 bits per heavy atom. The quantitative estimate of drug-likeness (QED) is 0.688. The van der Waals surface area contributed by atoms with Crippen molar-refractivity contribution < 1.29 is 13.0 Å². The van der Waals surface area contributed by atoms with Crippen LogP contribution < -0.4 is 0 Å². The number of fused-ring (bicyclic) bond motifs is 1. The number of hydrogen-bond donors (Lipinski definition) is 1. The molecule has 0 saturated carbocycles. The summed E-state index contributed by atoms with van der Waals surface area (Å²) >= 11 is 0. The van der Waals surface area contributed by atoms with Crippen LogP contribution in [0.25, 0.3) is 10.8 Å². The lowest BCUT2D eigenvalue weighted by atomic mass is 10.1. The third-order valence-corrected chi connectivity index (χ3v) is 3.34. The van der Waals surface area contributed by atoms with E-state index >= 15 is 0 Å². The van der Waals surface area contributed by atoms with Gasteiger partial charge in [-0.2, -0.15) is 8.42 Å². The average Bonchev–Trinajstić information content (AvgIpc) is 2.48. The van der Waals surface area contributed by atoms with Crippen LogP contribution in [0.2, 0.25) is 0 Å². The lowest BCUT2D eigenvalue weighted by molar-refractivity contribution is 0.484. The molecule has 0 aliphatic rings. The maximum absolute atomic E-state index is 11.0. The first-order valence-electron chi connectivity index (χ1n) is 5.59. The Kier molecular flexibility index (Phi) is 4.34. The summed E-state index contributed by atoms with van der Waals surface area (Å²) in [6.07, 6.45) is 4.31. The molecule has 0 unspecified atom stereocenters. The van der Waals surface area contributed by atoms with Crippen molar-refractivity contribution in [3.63, 3.8) is 0 Å². The molecule has 2 aromatic carbocycles. The SMILES string of the molecule is O=S(=O)(O)c1cccc2ccccc12.c1ncncn1. The van der Waals surface area contributed by atoms with E-state index in [2.05, 4.69) is 15.0 Å². The Hall–Kier alpha value is -2.38. The lowest BCUT2D eigenvalue weighted by Gasteiger charge is -2.02. The Balaban J connectivity index is 0.000000205. The Bertz CT molecular complexity index is 760. The standard InChI is InChI=1S/C10H8O3S.C3H3N3/c11-14(12,13)10-7-3-5-8-4-1-2-6-9(8)10;1-4-2-6-3-5-1/h1-7H,(H,11,12,13);1-3H. The van der Waals surface area contributed by atoms with Crippen molar-refractivity contribution in [3.8, 4) is 0 Å². The molecule has 0 aliphatic carbocycles. The van der Waals surface area contributed by atoms with Crippen LogP contribution in [-0.4, -0.2) is 27.9 Å². The van der Waals surface area contributed by atoms with E-state index in [1.807, 2.05) is 6.07 Å². The summed E-state index contributed by atoms with van der Waals surface area (Å²) in [6.45, 7) is 0. The van der Waals surface area contributed by atoms with Gasteiger partial charge in [0.25, 0.3) is 10.1 Å². The van der Waals surface area contributed by atoms with Gasteiger partial charge in [-0.05, 0) is 11.5 Å². The molecule has 0 saturated heterocycles. The Morgan fingerprint density at radius 3 is 1.90 bits per heavy atom. The number of nitrogens with zero attached hydrogens (tertiary/aromatic N) is 3. The summed E-state index contributed by atoms with van der Waals surface area (Å²) in [7, 11) is -4.13. The molecule has 0 bridgehead atoms. The molecule has 3 aromatic rings. The van der Waals surface area contributed by atoms with Gasteiger partial charge in [-0.1, -0.05) is 36.4 Å². The van der Waals surface area contributed by atoms with E-state index in [1.54, 1.807) is 30.3 Å². The first-order valence-corrected chi connectivity index (χ1v) is 7.03. The highest BCUT2D eigenvalue weighted by Crippen LogP contribution is 2.21. The molecule has 0 radical (unpaired) electrons. The third-order valence-electron chi connectivity index (χ3n) is 2.43. The predicted octanol–water partition coefficient (Wildman–Crippen LogP) is 1.96. The van der Waals surface area contributed by atoms with Crippen molar-refractivity contribution >= 4 is 20.9 Å². The van der Waals surface area contributed by atoms with E-state index in [9.17, 15) is 8.42 Å². The second kappa shape index (κ2) is 6.18. The van der Waals surface area contributed by atoms with Gasteiger partial charge in [0.1, 0.15) is 23.9 Å². The van der Waals surface area contributed by atoms with Crippen LogP contribution in [0, 0.1) is 0 Å². The fraction of sp³-hybridized carbons (Fsp3) is 0. The van der Waals surface area contributed by atoms with Gasteiger partial charge in [-0.25, -0.2) is 15.0 Å². The Labute approximate surface area is 115 Å². The van der Waals surface area contributed by atoms with Crippen LogP contribution >= 0.6 is 0 Å². The molecule has 0 aliphatic heterocycles. The van der Waals surface area contributed by atoms with Crippen molar-refractivity contribution in [2.75, 3.05) is 0 Å². The van der Waals surface area contributed by atoms with Gasteiger partial charge in [0.05, 0.1) is 0 Å². The summed E-state index contributed by atoms with van der Waals surface area (Å²) in [5.41, 5.74) is 0. The molecular weight excluding hydrogens is 278 g/mol. The van der Waals surface area contributed by atoms with E-state index < -0.39 is 10.1 Å². The molecule has 0 spiro atoms. The Morgan fingerprint density at radius 1 is 0.800 bits per heavy atom. The summed E-state index contributed by atoms with van der Waals surface area (Å²) in [5, 5.41) is 1.33. The largest absolute Gasteiger partial charge is 0.295 e. The van der Waals surface area contributed by atoms with Crippen LogP contribution in [0.5, 0.6) is 0 Å².